The van der Waals surface area contributed by atoms with Crippen molar-refractivity contribution in [2.24, 2.45) is 0 Å². The average Bonchev–Trinajstić information content (AvgIpc) is 2.96. The minimum atomic E-state index is -3.74. The summed E-state index contributed by atoms with van der Waals surface area (Å²) in [5.41, 5.74) is 1.87. The van der Waals surface area contributed by atoms with Crippen LogP contribution in [-0.4, -0.2) is 26.1 Å². The largest absolute Gasteiger partial charge is 0.493 e. The van der Waals surface area contributed by atoms with Gasteiger partial charge in [0, 0.05) is 6.42 Å². The number of carboxylic acid groups (broad SMARTS) is 1. The molecule has 2 aromatic carbocycles. The number of nitrogens with one attached hydrogen (secondary N) is 1. The fourth-order valence-corrected chi connectivity index (χ4v) is 3.63. The molecule has 0 saturated heterocycles. The fourth-order valence-electron chi connectivity index (χ4n) is 2.44. The van der Waals surface area contributed by atoms with Crippen LogP contribution in [0.3, 0.4) is 0 Å². The van der Waals surface area contributed by atoms with Crippen molar-refractivity contribution < 1.29 is 23.1 Å². The highest BCUT2D eigenvalue weighted by atomic mass is 32.2. The van der Waals surface area contributed by atoms with Crippen molar-refractivity contribution in [2.45, 2.75) is 18.2 Å². The maximum Gasteiger partial charge on any atom is 0.335 e. The van der Waals surface area contributed by atoms with Crippen LogP contribution in [0.1, 0.15) is 21.5 Å². The Morgan fingerprint density at radius 3 is 2.70 bits per heavy atom. The molecule has 0 bridgehead atoms. The number of aromatic carboxylic acids is 1. The lowest BCUT2D eigenvalue weighted by atomic mass is 10.1. The van der Waals surface area contributed by atoms with Gasteiger partial charge in [-0.05, 0) is 54.4 Å². The topological polar surface area (TPSA) is 92.7 Å². The van der Waals surface area contributed by atoms with Crippen LogP contribution in [0.15, 0.2) is 41.3 Å². The number of hydrogen-bond donors (Lipinski definition) is 2. The molecule has 0 aliphatic carbocycles. The molecular formula is C16H15NO5S. The number of carboxylic acids is 1. The van der Waals surface area contributed by atoms with Crippen LogP contribution in [0.4, 0.5) is 5.69 Å². The Morgan fingerprint density at radius 1 is 1.22 bits per heavy atom. The Bertz CT molecular complexity index is 889. The summed E-state index contributed by atoms with van der Waals surface area (Å²) in [5, 5.41) is 8.95. The van der Waals surface area contributed by atoms with Crippen LogP contribution in [-0.2, 0) is 16.4 Å². The maximum atomic E-state index is 12.5. The summed E-state index contributed by atoms with van der Waals surface area (Å²) in [6.07, 6.45) is 0.686. The van der Waals surface area contributed by atoms with E-state index in [-0.39, 0.29) is 10.5 Å². The van der Waals surface area contributed by atoms with E-state index in [1.165, 1.54) is 24.3 Å². The molecule has 120 valence electrons. The van der Waals surface area contributed by atoms with E-state index in [0.29, 0.717) is 30.0 Å². The fraction of sp³-hybridized carbons (Fsp3) is 0.188. The van der Waals surface area contributed by atoms with Gasteiger partial charge in [0.2, 0.25) is 0 Å². The Morgan fingerprint density at radius 2 is 2.00 bits per heavy atom. The molecule has 0 radical (unpaired) electrons. The summed E-state index contributed by atoms with van der Waals surface area (Å²) in [5.74, 6) is -0.341. The molecular weight excluding hydrogens is 318 g/mol. The second-order valence-electron chi connectivity index (χ2n) is 5.31. The van der Waals surface area contributed by atoms with Gasteiger partial charge in [-0.1, -0.05) is 0 Å². The quantitative estimate of drug-likeness (QED) is 0.896. The highest BCUT2D eigenvalue weighted by Crippen LogP contribution is 2.29. The zero-order chi connectivity index (χ0) is 16.6. The smallest absolute Gasteiger partial charge is 0.335 e. The number of benzene rings is 2. The van der Waals surface area contributed by atoms with E-state index in [4.69, 9.17) is 9.84 Å². The van der Waals surface area contributed by atoms with Gasteiger partial charge in [0.1, 0.15) is 5.75 Å². The Kier molecular flexibility index (Phi) is 3.73. The molecule has 1 aliphatic rings. The van der Waals surface area contributed by atoms with E-state index >= 15 is 0 Å². The SMILES string of the molecule is Cc1cc(C(=O)O)ccc1NS(=O)(=O)c1ccc2c(c1)CCO2. The van der Waals surface area contributed by atoms with E-state index in [1.807, 2.05) is 0 Å². The number of sulfonamides is 1. The normalized spacial score (nSPS) is 13.3. The zero-order valence-electron chi connectivity index (χ0n) is 12.4. The van der Waals surface area contributed by atoms with Gasteiger partial charge in [-0.3, -0.25) is 4.72 Å². The summed E-state index contributed by atoms with van der Waals surface area (Å²) < 4.78 is 32.9. The third-order valence-electron chi connectivity index (χ3n) is 3.69. The van der Waals surface area contributed by atoms with E-state index in [1.54, 1.807) is 19.1 Å². The first-order chi connectivity index (χ1) is 10.9. The Labute approximate surface area is 133 Å². The van der Waals surface area contributed by atoms with Crippen molar-refractivity contribution >= 4 is 21.7 Å². The molecule has 7 heteroatoms. The highest BCUT2D eigenvalue weighted by Gasteiger charge is 2.20. The average molecular weight is 333 g/mol. The molecule has 0 aromatic heterocycles. The molecule has 3 rings (SSSR count). The summed E-state index contributed by atoms with van der Waals surface area (Å²) >= 11 is 0. The van der Waals surface area contributed by atoms with Crippen LogP contribution in [0.2, 0.25) is 0 Å². The molecule has 2 N–H and O–H groups in total. The molecule has 23 heavy (non-hydrogen) atoms. The summed E-state index contributed by atoms with van der Waals surface area (Å²) in [6, 6.07) is 8.99. The zero-order valence-corrected chi connectivity index (χ0v) is 13.2. The van der Waals surface area contributed by atoms with Crippen molar-refractivity contribution in [1.29, 1.82) is 0 Å². The van der Waals surface area contributed by atoms with Gasteiger partial charge < -0.3 is 9.84 Å². The second kappa shape index (κ2) is 5.58. The number of anilines is 1. The lowest BCUT2D eigenvalue weighted by Gasteiger charge is -2.12. The third-order valence-corrected chi connectivity index (χ3v) is 5.05. The highest BCUT2D eigenvalue weighted by molar-refractivity contribution is 7.92. The van der Waals surface area contributed by atoms with Gasteiger partial charge in [0.25, 0.3) is 10.0 Å². The lowest BCUT2D eigenvalue weighted by molar-refractivity contribution is 0.0697. The molecule has 6 nitrogen and oxygen atoms in total. The Balaban J connectivity index is 1.91. The molecule has 1 heterocycles. The number of hydrogen-bond acceptors (Lipinski definition) is 4. The summed E-state index contributed by atoms with van der Waals surface area (Å²) in [6.45, 7) is 2.21. The molecule has 2 aromatic rings. The predicted octanol–water partition coefficient (Wildman–Crippen LogP) is 2.43. The van der Waals surface area contributed by atoms with Gasteiger partial charge in [0.15, 0.2) is 0 Å². The number of aryl methyl sites for hydroxylation is 1. The molecule has 0 saturated carbocycles. The van der Waals surface area contributed by atoms with Crippen LogP contribution in [0.5, 0.6) is 5.75 Å². The summed E-state index contributed by atoms with van der Waals surface area (Å²) in [7, 11) is -3.74. The van der Waals surface area contributed by atoms with Gasteiger partial charge in [-0.2, -0.15) is 0 Å². The van der Waals surface area contributed by atoms with E-state index < -0.39 is 16.0 Å². The number of carbonyl (C=O) groups is 1. The Hall–Kier alpha value is -2.54. The van der Waals surface area contributed by atoms with Gasteiger partial charge in [-0.15, -0.1) is 0 Å². The van der Waals surface area contributed by atoms with Crippen LogP contribution >= 0.6 is 0 Å². The third kappa shape index (κ3) is 3.00. The van der Waals surface area contributed by atoms with Crippen LogP contribution in [0.25, 0.3) is 0 Å². The first-order valence-electron chi connectivity index (χ1n) is 6.99. The molecule has 0 unspecified atom stereocenters. The molecule has 0 spiro atoms. The van der Waals surface area contributed by atoms with E-state index in [2.05, 4.69) is 4.72 Å². The number of fused-ring (bicyclic) bond motifs is 1. The van der Waals surface area contributed by atoms with E-state index in [0.717, 1.165) is 5.56 Å². The van der Waals surface area contributed by atoms with Gasteiger partial charge in [-0.25, -0.2) is 13.2 Å². The van der Waals surface area contributed by atoms with Crippen LogP contribution < -0.4 is 9.46 Å². The van der Waals surface area contributed by atoms with Crippen molar-refractivity contribution in [1.82, 2.24) is 0 Å². The molecule has 0 fully saturated rings. The number of ether oxygens (including phenoxy) is 1. The number of rotatable bonds is 4. The van der Waals surface area contributed by atoms with Gasteiger partial charge >= 0.3 is 5.97 Å². The van der Waals surface area contributed by atoms with E-state index in [9.17, 15) is 13.2 Å². The van der Waals surface area contributed by atoms with Crippen molar-refractivity contribution in [3.8, 4) is 5.75 Å². The monoisotopic (exact) mass is 333 g/mol. The summed E-state index contributed by atoms with van der Waals surface area (Å²) in [4.78, 5) is 11.1. The van der Waals surface area contributed by atoms with Gasteiger partial charge in [0.05, 0.1) is 22.8 Å². The minimum Gasteiger partial charge on any atom is -0.493 e. The molecule has 1 aliphatic heterocycles. The lowest BCUT2D eigenvalue weighted by Crippen LogP contribution is -2.14. The van der Waals surface area contributed by atoms with Crippen molar-refractivity contribution in [3.05, 3.63) is 53.1 Å². The first-order valence-corrected chi connectivity index (χ1v) is 8.47. The standard InChI is InChI=1S/C16H15NO5S/c1-10-8-12(16(18)19)2-4-14(10)17-23(20,21)13-3-5-15-11(9-13)6-7-22-15/h2-5,8-9,17H,6-7H2,1H3,(H,18,19). The second-order valence-corrected chi connectivity index (χ2v) is 6.99. The van der Waals surface area contributed by atoms with Crippen molar-refractivity contribution in [3.63, 3.8) is 0 Å². The van der Waals surface area contributed by atoms with Crippen LogP contribution in [0, 0.1) is 6.92 Å². The first kappa shape index (κ1) is 15.4. The maximum absolute atomic E-state index is 12.5. The molecule has 0 atom stereocenters. The molecule has 0 amide bonds. The minimum absolute atomic E-state index is 0.111. The predicted molar refractivity (Wildman–Crippen MR) is 84.6 cm³/mol. The van der Waals surface area contributed by atoms with Crippen molar-refractivity contribution in [2.75, 3.05) is 11.3 Å².